The molecule has 0 aliphatic carbocycles. The lowest BCUT2D eigenvalue weighted by Gasteiger charge is -2.27. The van der Waals surface area contributed by atoms with Crippen LogP contribution in [0.3, 0.4) is 0 Å². The Hall–Kier alpha value is -3.46. The summed E-state index contributed by atoms with van der Waals surface area (Å²) in [5, 5.41) is 6.44. The first-order valence-corrected chi connectivity index (χ1v) is 10.7. The van der Waals surface area contributed by atoms with E-state index in [-0.39, 0.29) is 11.7 Å². The highest BCUT2D eigenvalue weighted by Crippen LogP contribution is 2.53. The van der Waals surface area contributed by atoms with E-state index in [1.165, 1.54) is 28.0 Å². The van der Waals surface area contributed by atoms with Gasteiger partial charge in [0, 0.05) is 17.0 Å². The fraction of sp³-hybridized carbons (Fsp3) is 0.179. The molecule has 0 spiro atoms. The number of hydrogen-bond donors (Lipinski definition) is 0. The van der Waals surface area contributed by atoms with Gasteiger partial charge < -0.3 is 4.74 Å². The van der Waals surface area contributed by atoms with Crippen LogP contribution in [-0.2, 0) is 7.05 Å². The molecule has 4 aromatic carbocycles. The van der Waals surface area contributed by atoms with Crippen LogP contribution >= 0.6 is 0 Å². The van der Waals surface area contributed by atoms with Crippen molar-refractivity contribution in [3.05, 3.63) is 77.7 Å². The summed E-state index contributed by atoms with van der Waals surface area (Å²) in [6.45, 7) is 6.62. The number of rotatable bonds is 1. The van der Waals surface area contributed by atoms with Crippen molar-refractivity contribution < 1.29 is 13.7 Å². The average molecular weight is 408 g/mol. The molecule has 31 heavy (non-hydrogen) atoms. The second kappa shape index (κ2) is 6.27. The van der Waals surface area contributed by atoms with Gasteiger partial charge in [-0.15, -0.1) is 0 Å². The molecule has 0 N–H and O–H groups in total. The zero-order valence-electron chi connectivity index (χ0n) is 18.1. The molecule has 2 heterocycles. The fourth-order valence-electron chi connectivity index (χ4n) is 5.26. The molecule has 1 aliphatic rings. The number of hydrogen-bond acceptors (Lipinski definition) is 1. The lowest BCUT2D eigenvalue weighted by Crippen LogP contribution is -2.32. The highest BCUT2D eigenvalue weighted by molar-refractivity contribution is 6.13. The van der Waals surface area contributed by atoms with Crippen molar-refractivity contribution >= 4 is 32.3 Å². The molecule has 1 aromatic heterocycles. The van der Waals surface area contributed by atoms with Gasteiger partial charge >= 0.3 is 0 Å². The Kier molecular flexibility index (Phi) is 3.71. The van der Waals surface area contributed by atoms with Crippen LogP contribution < -0.4 is 9.30 Å². The smallest absolute Gasteiger partial charge is 0.228 e. The molecule has 0 unspecified atom stereocenters. The highest BCUT2D eigenvalue weighted by atomic mass is 19.1. The van der Waals surface area contributed by atoms with Gasteiger partial charge in [-0.3, -0.25) is 0 Å². The molecule has 152 valence electrons. The van der Waals surface area contributed by atoms with Crippen molar-refractivity contribution in [2.75, 3.05) is 0 Å². The lowest BCUT2D eigenvalue weighted by molar-refractivity contribution is -0.659. The summed E-state index contributed by atoms with van der Waals surface area (Å²) in [5.41, 5.74) is 4.76. The first kappa shape index (κ1) is 18.3. The number of ether oxygens (including phenoxy) is 1. The molecule has 0 atom stereocenters. The van der Waals surface area contributed by atoms with Gasteiger partial charge in [-0.1, -0.05) is 38.1 Å². The minimum Gasteiger partial charge on any atom is -0.455 e. The lowest BCUT2D eigenvalue weighted by atomic mass is 9.85. The number of halogens is 1. The standard InChI is InChI=1S/C28H23FNO/c1-15(2)23-22-8-6-5-7-20(22)16(3)24-26-25-17(11-12-30(26)4)13-18-14-19(29)9-10-21(18)27(25)31-28(23)24/h5-15H,1-4H3/q+1. The molecule has 0 bridgehead atoms. The monoisotopic (exact) mass is 408 g/mol. The van der Waals surface area contributed by atoms with E-state index in [1.54, 1.807) is 6.07 Å². The number of benzene rings is 4. The van der Waals surface area contributed by atoms with E-state index in [9.17, 15) is 4.39 Å². The molecule has 0 fully saturated rings. The topological polar surface area (TPSA) is 13.1 Å². The molecule has 0 saturated carbocycles. The first-order valence-electron chi connectivity index (χ1n) is 10.7. The van der Waals surface area contributed by atoms with E-state index in [2.05, 4.69) is 75.0 Å². The number of aromatic nitrogens is 1. The van der Waals surface area contributed by atoms with E-state index < -0.39 is 0 Å². The predicted molar refractivity (Wildman–Crippen MR) is 124 cm³/mol. The Bertz CT molecular complexity index is 1570. The number of fused-ring (bicyclic) bond motifs is 5. The summed E-state index contributed by atoms with van der Waals surface area (Å²) in [5.74, 6) is 1.81. The second-order valence-electron chi connectivity index (χ2n) is 8.86. The van der Waals surface area contributed by atoms with E-state index in [1.807, 2.05) is 6.07 Å². The van der Waals surface area contributed by atoms with Crippen molar-refractivity contribution in [2.45, 2.75) is 26.7 Å². The summed E-state index contributed by atoms with van der Waals surface area (Å²) < 4.78 is 23.0. The van der Waals surface area contributed by atoms with Crippen LogP contribution in [0.5, 0.6) is 11.5 Å². The Morgan fingerprint density at radius 3 is 2.42 bits per heavy atom. The SMILES string of the molecule is Cc1c2c(c(C(C)C)c3ccccc13)Oc1c3ccc(F)cc3cc3cc[n+](C)c-2c13. The van der Waals surface area contributed by atoms with Gasteiger partial charge in [-0.2, -0.15) is 0 Å². The number of nitrogens with zero attached hydrogens (tertiary/aromatic N) is 1. The van der Waals surface area contributed by atoms with Crippen molar-refractivity contribution in [1.82, 2.24) is 0 Å². The van der Waals surface area contributed by atoms with Crippen LogP contribution in [0.1, 0.15) is 30.9 Å². The largest absolute Gasteiger partial charge is 0.455 e. The minimum atomic E-state index is -0.235. The van der Waals surface area contributed by atoms with Crippen LogP contribution in [0, 0.1) is 12.7 Å². The summed E-state index contributed by atoms with van der Waals surface area (Å²) in [6, 6.07) is 17.7. The van der Waals surface area contributed by atoms with E-state index in [0.29, 0.717) is 0 Å². The van der Waals surface area contributed by atoms with Crippen molar-refractivity contribution in [3.8, 4) is 22.8 Å². The van der Waals surface area contributed by atoms with Gasteiger partial charge in [0.15, 0.2) is 6.20 Å². The van der Waals surface area contributed by atoms with Gasteiger partial charge in [0.05, 0.1) is 10.9 Å². The van der Waals surface area contributed by atoms with Crippen LogP contribution in [0.4, 0.5) is 4.39 Å². The van der Waals surface area contributed by atoms with E-state index in [4.69, 9.17) is 4.74 Å². The molecule has 0 saturated heterocycles. The van der Waals surface area contributed by atoms with Crippen molar-refractivity contribution in [3.63, 3.8) is 0 Å². The minimum absolute atomic E-state index is 0.235. The Labute approximate surface area is 180 Å². The molecule has 0 radical (unpaired) electrons. The number of aryl methyl sites for hydroxylation is 2. The molecule has 2 nitrogen and oxygen atoms in total. The van der Waals surface area contributed by atoms with E-state index >= 15 is 0 Å². The van der Waals surface area contributed by atoms with E-state index in [0.717, 1.165) is 44.3 Å². The van der Waals surface area contributed by atoms with Gasteiger partial charge in [-0.25, -0.2) is 8.96 Å². The van der Waals surface area contributed by atoms with Crippen LogP contribution in [0.25, 0.3) is 43.6 Å². The molecule has 3 heteroatoms. The van der Waals surface area contributed by atoms with Gasteiger partial charge in [-0.05, 0) is 64.2 Å². The molecule has 5 aromatic rings. The van der Waals surface area contributed by atoms with Gasteiger partial charge in [0.1, 0.15) is 24.4 Å². The summed E-state index contributed by atoms with van der Waals surface area (Å²) in [7, 11) is 2.09. The molecule has 6 rings (SSSR count). The summed E-state index contributed by atoms with van der Waals surface area (Å²) in [4.78, 5) is 0. The van der Waals surface area contributed by atoms with Gasteiger partial charge in [0.2, 0.25) is 5.69 Å². The molecule has 0 amide bonds. The fourth-order valence-corrected chi connectivity index (χ4v) is 5.26. The zero-order chi connectivity index (χ0) is 21.4. The number of pyridine rings is 1. The molecular formula is C28H23FNO+. The first-order chi connectivity index (χ1) is 15.0. The maximum atomic E-state index is 14.0. The van der Waals surface area contributed by atoms with Crippen LogP contribution in [-0.4, -0.2) is 0 Å². The third-order valence-corrected chi connectivity index (χ3v) is 6.64. The van der Waals surface area contributed by atoms with Crippen molar-refractivity contribution in [2.24, 2.45) is 7.05 Å². The van der Waals surface area contributed by atoms with Crippen molar-refractivity contribution in [1.29, 1.82) is 0 Å². The summed E-state index contributed by atoms with van der Waals surface area (Å²) in [6.07, 6.45) is 2.09. The maximum Gasteiger partial charge on any atom is 0.228 e. The second-order valence-corrected chi connectivity index (χ2v) is 8.86. The highest BCUT2D eigenvalue weighted by Gasteiger charge is 2.34. The molecule has 1 aliphatic heterocycles. The quantitative estimate of drug-likeness (QED) is 0.205. The van der Waals surface area contributed by atoms with Gasteiger partial charge in [0.25, 0.3) is 0 Å². The normalized spacial score (nSPS) is 12.6. The van der Waals surface area contributed by atoms with Crippen LogP contribution in [0.15, 0.2) is 60.8 Å². The summed E-state index contributed by atoms with van der Waals surface area (Å²) >= 11 is 0. The average Bonchev–Trinajstić information content (AvgIpc) is 2.75. The maximum absolute atomic E-state index is 14.0. The Morgan fingerprint density at radius 1 is 0.871 bits per heavy atom. The third kappa shape index (κ3) is 2.40. The molecular weight excluding hydrogens is 385 g/mol. The Morgan fingerprint density at radius 2 is 1.65 bits per heavy atom. The third-order valence-electron chi connectivity index (χ3n) is 6.64. The zero-order valence-corrected chi connectivity index (χ0v) is 18.1. The predicted octanol–water partition coefficient (Wildman–Crippen LogP) is 7.31. The Balaban J connectivity index is 1.88. The van der Waals surface area contributed by atoms with Crippen LogP contribution in [0.2, 0.25) is 0 Å².